The van der Waals surface area contributed by atoms with E-state index in [1.165, 1.54) is 26.9 Å². The summed E-state index contributed by atoms with van der Waals surface area (Å²) in [5, 5.41) is 3.58. The lowest BCUT2D eigenvalue weighted by Gasteiger charge is -2.17. The van der Waals surface area contributed by atoms with Crippen molar-refractivity contribution in [3.8, 4) is 0 Å². The standard InChI is InChI=1S/C17H19Br2N/c1-11-8-16(9-12(2)17(11)19)20-13(3)10-14-4-6-15(18)7-5-14/h4-9,13,20H,10H2,1-3H3. The minimum atomic E-state index is 0.399. The number of halogens is 2. The molecule has 1 nitrogen and oxygen atoms in total. The molecule has 0 aliphatic heterocycles. The van der Waals surface area contributed by atoms with Crippen LogP contribution >= 0.6 is 31.9 Å². The summed E-state index contributed by atoms with van der Waals surface area (Å²) in [6, 6.07) is 13.3. The van der Waals surface area contributed by atoms with Gasteiger partial charge in [0.1, 0.15) is 0 Å². The Balaban J connectivity index is 2.04. The van der Waals surface area contributed by atoms with Crippen LogP contribution in [0.15, 0.2) is 45.3 Å². The second kappa shape index (κ2) is 6.77. The first-order valence-electron chi connectivity index (χ1n) is 6.73. The summed E-state index contributed by atoms with van der Waals surface area (Å²) in [6.07, 6.45) is 1.02. The molecule has 1 atom stereocenters. The summed E-state index contributed by atoms with van der Waals surface area (Å²) >= 11 is 7.08. The van der Waals surface area contributed by atoms with Crippen molar-refractivity contribution >= 4 is 37.5 Å². The Morgan fingerprint density at radius 1 is 1.00 bits per heavy atom. The molecule has 0 fully saturated rings. The molecule has 0 aliphatic carbocycles. The molecule has 0 heterocycles. The molecule has 20 heavy (non-hydrogen) atoms. The van der Waals surface area contributed by atoms with Gasteiger partial charge in [-0.3, -0.25) is 0 Å². The van der Waals surface area contributed by atoms with E-state index in [1.807, 2.05) is 0 Å². The second-order valence-electron chi connectivity index (χ2n) is 5.30. The number of hydrogen-bond acceptors (Lipinski definition) is 1. The quantitative estimate of drug-likeness (QED) is 0.681. The predicted octanol–water partition coefficient (Wildman–Crippen LogP) is 5.87. The molecule has 2 aromatic carbocycles. The third-order valence-corrected chi connectivity index (χ3v) is 5.08. The van der Waals surface area contributed by atoms with E-state index in [1.54, 1.807) is 0 Å². The molecule has 1 N–H and O–H groups in total. The second-order valence-corrected chi connectivity index (χ2v) is 7.01. The van der Waals surface area contributed by atoms with E-state index < -0.39 is 0 Å². The van der Waals surface area contributed by atoms with Crippen LogP contribution in [0.1, 0.15) is 23.6 Å². The van der Waals surface area contributed by atoms with E-state index in [2.05, 4.69) is 94.3 Å². The maximum absolute atomic E-state index is 3.61. The minimum absolute atomic E-state index is 0.399. The highest BCUT2D eigenvalue weighted by Crippen LogP contribution is 2.25. The normalized spacial score (nSPS) is 12.2. The molecular weight excluding hydrogens is 378 g/mol. The van der Waals surface area contributed by atoms with Gasteiger partial charge in [0.25, 0.3) is 0 Å². The van der Waals surface area contributed by atoms with Gasteiger partial charge in [-0.2, -0.15) is 0 Å². The van der Waals surface area contributed by atoms with Gasteiger partial charge in [0, 0.05) is 20.7 Å². The number of nitrogens with one attached hydrogen (secondary N) is 1. The number of benzene rings is 2. The first kappa shape index (κ1) is 15.6. The van der Waals surface area contributed by atoms with Crippen LogP contribution in [-0.4, -0.2) is 6.04 Å². The Hall–Kier alpha value is -0.800. The van der Waals surface area contributed by atoms with E-state index >= 15 is 0 Å². The van der Waals surface area contributed by atoms with Crippen LogP contribution in [0, 0.1) is 13.8 Å². The maximum Gasteiger partial charge on any atom is 0.0348 e. The van der Waals surface area contributed by atoms with Crippen LogP contribution in [0.5, 0.6) is 0 Å². The first-order chi connectivity index (χ1) is 9.45. The van der Waals surface area contributed by atoms with Gasteiger partial charge >= 0.3 is 0 Å². The highest BCUT2D eigenvalue weighted by molar-refractivity contribution is 9.10. The highest BCUT2D eigenvalue weighted by atomic mass is 79.9. The van der Waals surface area contributed by atoms with Crippen LogP contribution in [0.4, 0.5) is 5.69 Å². The van der Waals surface area contributed by atoms with Gasteiger partial charge in [-0.1, -0.05) is 44.0 Å². The smallest absolute Gasteiger partial charge is 0.0348 e. The van der Waals surface area contributed by atoms with Crippen LogP contribution in [0.25, 0.3) is 0 Å². The number of aryl methyl sites for hydroxylation is 2. The molecular formula is C17H19Br2N. The molecule has 0 spiro atoms. The van der Waals surface area contributed by atoms with Gasteiger partial charge in [0.2, 0.25) is 0 Å². The molecule has 0 saturated carbocycles. The van der Waals surface area contributed by atoms with Crippen molar-refractivity contribution < 1.29 is 0 Å². The maximum atomic E-state index is 3.61. The Morgan fingerprint density at radius 3 is 2.10 bits per heavy atom. The summed E-state index contributed by atoms with van der Waals surface area (Å²) in [5.74, 6) is 0. The van der Waals surface area contributed by atoms with Crippen molar-refractivity contribution in [2.45, 2.75) is 33.2 Å². The minimum Gasteiger partial charge on any atom is -0.382 e. The zero-order valence-corrected chi connectivity index (χ0v) is 15.2. The zero-order valence-electron chi connectivity index (χ0n) is 12.0. The van der Waals surface area contributed by atoms with Gasteiger partial charge in [0.05, 0.1) is 0 Å². The van der Waals surface area contributed by atoms with Crippen molar-refractivity contribution in [1.82, 2.24) is 0 Å². The van der Waals surface area contributed by atoms with E-state index in [4.69, 9.17) is 0 Å². The predicted molar refractivity (Wildman–Crippen MR) is 94.5 cm³/mol. The lowest BCUT2D eigenvalue weighted by atomic mass is 10.1. The van der Waals surface area contributed by atoms with Crippen LogP contribution in [-0.2, 0) is 6.42 Å². The van der Waals surface area contributed by atoms with Crippen LogP contribution in [0.2, 0.25) is 0 Å². The molecule has 0 aliphatic rings. The van der Waals surface area contributed by atoms with E-state index in [0.717, 1.165) is 10.9 Å². The molecule has 0 bridgehead atoms. The Bertz CT molecular complexity index is 567. The lowest BCUT2D eigenvalue weighted by molar-refractivity contribution is 0.790. The largest absolute Gasteiger partial charge is 0.382 e. The molecule has 0 aromatic heterocycles. The average molecular weight is 397 g/mol. The van der Waals surface area contributed by atoms with Gasteiger partial charge in [-0.25, -0.2) is 0 Å². The third kappa shape index (κ3) is 4.10. The van der Waals surface area contributed by atoms with Gasteiger partial charge < -0.3 is 5.32 Å². The van der Waals surface area contributed by atoms with Gasteiger partial charge in [-0.15, -0.1) is 0 Å². The van der Waals surface area contributed by atoms with E-state index in [-0.39, 0.29) is 0 Å². The first-order valence-corrected chi connectivity index (χ1v) is 8.32. The van der Waals surface area contributed by atoms with Gasteiger partial charge in [0.15, 0.2) is 0 Å². The molecule has 0 radical (unpaired) electrons. The van der Waals surface area contributed by atoms with E-state index in [9.17, 15) is 0 Å². The van der Waals surface area contributed by atoms with Crippen molar-refractivity contribution in [3.05, 3.63) is 62.0 Å². The Labute approximate surface area is 138 Å². The lowest BCUT2D eigenvalue weighted by Crippen LogP contribution is -2.18. The molecule has 0 saturated heterocycles. The van der Waals surface area contributed by atoms with Crippen LogP contribution in [0.3, 0.4) is 0 Å². The topological polar surface area (TPSA) is 12.0 Å². The molecule has 0 amide bonds. The third-order valence-electron chi connectivity index (χ3n) is 3.30. The average Bonchev–Trinajstić information content (AvgIpc) is 2.38. The van der Waals surface area contributed by atoms with Crippen molar-refractivity contribution in [2.75, 3.05) is 5.32 Å². The fourth-order valence-corrected chi connectivity index (χ4v) is 2.83. The summed E-state index contributed by atoms with van der Waals surface area (Å²) in [4.78, 5) is 0. The Morgan fingerprint density at radius 2 is 1.55 bits per heavy atom. The molecule has 106 valence electrons. The molecule has 2 aromatic rings. The summed E-state index contributed by atoms with van der Waals surface area (Å²) < 4.78 is 2.32. The fourth-order valence-electron chi connectivity index (χ4n) is 2.34. The Kier molecular flexibility index (Phi) is 5.28. The van der Waals surface area contributed by atoms with Crippen molar-refractivity contribution in [1.29, 1.82) is 0 Å². The highest BCUT2D eigenvalue weighted by Gasteiger charge is 2.06. The number of anilines is 1. The summed E-state index contributed by atoms with van der Waals surface area (Å²) in [5.41, 5.74) is 5.07. The SMILES string of the molecule is Cc1cc(NC(C)Cc2ccc(Br)cc2)cc(C)c1Br. The van der Waals surface area contributed by atoms with Crippen LogP contribution < -0.4 is 5.32 Å². The summed E-state index contributed by atoms with van der Waals surface area (Å²) in [6.45, 7) is 6.47. The van der Waals surface area contributed by atoms with E-state index in [0.29, 0.717) is 6.04 Å². The molecule has 3 heteroatoms. The summed E-state index contributed by atoms with van der Waals surface area (Å²) in [7, 11) is 0. The van der Waals surface area contributed by atoms with Crippen molar-refractivity contribution in [2.24, 2.45) is 0 Å². The number of hydrogen-bond donors (Lipinski definition) is 1. The van der Waals surface area contributed by atoms with Crippen molar-refractivity contribution in [3.63, 3.8) is 0 Å². The zero-order chi connectivity index (χ0) is 14.7. The molecule has 2 rings (SSSR count). The number of rotatable bonds is 4. The molecule has 1 unspecified atom stereocenters. The van der Waals surface area contributed by atoms with Gasteiger partial charge in [-0.05, 0) is 68.1 Å². The fraction of sp³-hybridized carbons (Fsp3) is 0.294. The monoisotopic (exact) mass is 395 g/mol.